The van der Waals surface area contributed by atoms with Crippen LogP contribution in [0.25, 0.3) is 0 Å². The van der Waals surface area contributed by atoms with Gasteiger partial charge in [-0.3, -0.25) is 4.98 Å². The molecular weight excluding hydrogens is 412 g/mol. The van der Waals surface area contributed by atoms with Crippen molar-refractivity contribution >= 4 is 5.82 Å². The Morgan fingerprint density at radius 1 is 1.03 bits per heavy atom. The SMILES string of the molecule is CC(=C(/N)Cc1ccccc1)/C(C)=C(\N)N1CCN(c2cnc(C(C)(C)O)cn2)C2(CC2)C1. The lowest BCUT2D eigenvalue weighted by Gasteiger charge is -2.44. The molecule has 0 bridgehead atoms. The highest BCUT2D eigenvalue weighted by atomic mass is 16.3. The van der Waals surface area contributed by atoms with Gasteiger partial charge >= 0.3 is 0 Å². The standard InChI is InChI=1S/C26H36N6O/c1-18(21(27)14-20-8-6-5-7-9-20)19(2)24(28)31-12-13-32(26(17-31)10-11-26)23-16-29-22(15-30-23)25(3,4)33/h5-9,15-16,33H,10-14,17,27-28H2,1-4H3/b21-18-,24-19+. The lowest BCUT2D eigenvalue weighted by molar-refractivity contribution is 0.0734. The van der Waals surface area contributed by atoms with Crippen LogP contribution in [0.15, 0.2) is 65.4 Å². The van der Waals surface area contributed by atoms with Gasteiger partial charge in [-0.2, -0.15) is 0 Å². The summed E-state index contributed by atoms with van der Waals surface area (Å²) in [5.41, 5.74) is 16.9. The molecule has 7 nitrogen and oxygen atoms in total. The summed E-state index contributed by atoms with van der Waals surface area (Å²) in [6.45, 7) is 10.1. The van der Waals surface area contributed by atoms with E-state index in [1.165, 1.54) is 5.56 Å². The van der Waals surface area contributed by atoms with Crippen LogP contribution in [0, 0.1) is 0 Å². The van der Waals surface area contributed by atoms with Crippen LogP contribution in [0.1, 0.15) is 51.8 Å². The van der Waals surface area contributed by atoms with Gasteiger partial charge in [-0.15, -0.1) is 0 Å². The van der Waals surface area contributed by atoms with E-state index in [9.17, 15) is 5.11 Å². The quantitative estimate of drug-likeness (QED) is 0.584. The van der Waals surface area contributed by atoms with Crippen molar-refractivity contribution in [3.05, 3.63) is 76.6 Å². The number of aromatic nitrogens is 2. The van der Waals surface area contributed by atoms with Gasteiger partial charge in [0.2, 0.25) is 0 Å². The molecule has 4 rings (SSSR count). The van der Waals surface area contributed by atoms with Crippen LogP contribution in [0.4, 0.5) is 5.82 Å². The Kier molecular flexibility index (Phi) is 6.10. The molecule has 1 aromatic carbocycles. The lowest BCUT2D eigenvalue weighted by Crippen LogP contribution is -2.56. The van der Waals surface area contributed by atoms with E-state index in [0.717, 1.165) is 61.0 Å². The van der Waals surface area contributed by atoms with Crippen molar-refractivity contribution in [1.29, 1.82) is 0 Å². The number of anilines is 1. The number of hydrogen-bond acceptors (Lipinski definition) is 7. The fourth-order valence-electron chi connectivity index (χ4n) is 4.51. The van der Waals surface area contributed by atoms with E-state index >= 15 is 0 Å². The third kappa shape index (κ3) is 4.83. The van der Waals surface area contributed by atoms with E-state index in [-0.39, 0.29) is 5.54 Å². The number of hydrogen-bond donors (Lipinski definition) is 3. The highest BCUT2D eigenvalue weighted by Crippen LogP contribution is 2.46. The van der Waals surface area contributed by atoms with E-state index in [0.29, 0.717) is 12.1 Å². The number of nitrogens with two attached hydrogens (primary N) is 2. The molecule has 2 heterocycles. The molecule has 1 saturated heterocycles. The highest BCUT2D eigenvalue weighted by molar-refractivity contribution is 5.46. The summed E-state index contributed by atoms with van der Waals surface area (Å²) in [6.07, 6.45) is 6.39. The molecule has 0 radical (unpaired) electrons. The van der Waals surface area contributed by atoms with Crippen LogP contribution < -0.4 is 16.4 Å². The van der Waals surface area contributed by atoms with Crippen LogP contribution >= 0.6 is 0 Å². The van der Waals surface area contributed by atoms with Crippen molar-refractivity contribution in [3.63, 3.8) is 0 Å². The fourth-order valence-corrected chi connectivity index (χ4v) is 4.51. The van der Waals surface area contributed by atoms with Gasteiger partial charge in [0.25, 0.3) is 0 Å². The zero-order chi connectivity index (χ0) is 23.8. The largest absolute Gasteiger partial charge is 0.402 e. The summed E-state index contributed by atoms with van der Waals surface area (Å²) in [5, 5.41) is 10.2. The van der Waals surface area contributed by atoms with E-state index < -0.39 is 5.60 Å². The van der Waals surface area contributed by atoms with E-state index in [4.69, 9.17) is 11.5 Å². The normalized spacial score (nSPS) is 19.3. The first-order chi connectivity index (χ1) is 15.6. The maximum absolute atomic E-state index is 10.2. The van der Waals surface area contributed by atoms with E-state index in [1.807, 2.05) is 18.2 Å². The average molecular weight is 449 g/mol. The van der Waals surface area contributed by atoms with E-state index in [2.05, 4.69) is 45.7 Å². The predicted molar refractivity (Wildman–Crippen MR) is 132 cm³/mol. The summed E-state index contributed by atoms with van der Waals surface area (Å²) >= 11 is 0. The van der Waals surface area contributed by atoms with Crippen molar-refractivity contribution in [2.24, 2.45) is 11.5 Å². The van der Waals surface area contributed by atoms with Crippen molar-refractivity contribution < 1.29 is 5.11 Å². The van der Waals surface area contributed by atoms with Crippen molar-refractivity contribution in [2.45, 2.75) is 58.1 Å². The van der Waals surface area contributed by atoms with Crippen LogP contribution in [-0.4, -0.2) is 45.1 Å². The van der Waals surface area contributed by atoms with Crippen LogP contribution in [0.3, 0.4) is 0 Å². The van der Waals surface area contributed by atoms with Crippen molar-refractivity contribution in [1.82, 2.24) is 14.9 Å². The first kappa shape index (κ1) is 23.1. The summed E-state index contributed by atoms with van der Waals surface area (Å²) in [4.78, 5) is 13.7. The molecule has 0 amide bonds. The first-order valence-electron chi connectivity index (χ1n) is 11.6. The number of benzene rings is 1. The van der Waals surface area contributed by atoms with Crippen LogP contribution in [0.2, 0.25) is 0 Å². The lowest BCUT2D eigenvalue weighted by atomic mass is 10.0. The monoisotopic (exact) mass is 448 g/mol. The molecule has 7 heteroatoms. The van der Waals surface area contributed by atoms with Gasteiger partial charge in [0.15, 0.2) is 0 Å². The van der Waals surface area contributed by atoms with Crippen LogP contribution in [-0.2, 0) is 12.0 Å². The Hall–Kier alpha value is -3.06. The molecule has 0 atom stereocenters. The number of aliphatic hydroxyl groups is 1. The molecule has 1 saturated carbocycles. The summed E-state index contributed by atoms with van der Waals surface area (Å²) in [6, 6.07) is 10.3. The minimum absolute atomic E-state index is 0.0429. The summed E-state index contributed by atoms with van der Waals surface area (Å²) in [7, 11) is 0. The fraction of sp³-hybridized carbons (Fsp3) is 0.462. The Labute approximate surface area is 196 Å². The third-order valence-electron chi connectivity index (χ3n) is 7.03. The average Bonchev–Trinajstić information content (AvgIpc) is 3.56. The zero-order valence-electron chi connectivity index (χ0n) is 20.2. The smallest absolute Gasteiger partial charge is 0.147 e. The molecule has 0 unspecified atom stereocenters. The molecule has 176 valence electrons. The molecule has 2 fully saturated rings. The topological polar surface area (TPSA) is 105 Å². The molecule has 33 heavy (non-hydrogen) atoms. The second-order valence-corrected chi connectivity index (χ2v) is 9.94. The molecule has 1 spiro atoms. The minimum Gasteiger partial charge on any atom is -0.402 e. The number of allylic oxidation sites excluding steroid dienone is 3. The van der Waals surface area contributed by atoms with Gasteiger partial charge in [0.1, 0.15) is 17.2 Å². The maximum atomic E-state index is 10.2. The van der Waals surface area contributed by atoms with Crippen molar-refractivity contribution in [2.75, 3.05) is 24.5 Å². The molecule has 2 aliphatic rings. The minimum atomic E-state index is -0.994. The first-order valence-corrected chi connectivity index (χ1v) is 11.6. The number of rotatable bonds is 6. The summed E-state index contributed by atoms with van der Waals surface area (Å²) in [5.74, 6) is 1.67. The maximum Gasteiger partial charge on any atom is 0.147 e. The number of nitrogens with zero attached hydrogens (tertiary/aromatic N) is 4. The Morgan fingerprint density at radius 2 is 1.73 bits per heavy atom. The Morgan fingerprint density at radius 3 is 2.30 bits per heavy atom. The van der Waals surface area contributed by atoms with Gasteiger partial charge in [-0.1, -0.05) is 30.3 Å². The highest BCUT2D eigenvalue weighted by Gasteiger charge is 2.52. The van der Waals surface area contributed by atoms with E-state index in [1.54, 1.807) is 26.2 Å². The molecular formula is C26H36N6O. The van der Waals surface area contributed by atoms with Crippen LogP contribution in [0.5, 0.6) is 0 Å². The third-order valence-corrected chi connectivity index (χ3v) is 7.03. The second kappa shape index (κ2) is 8.71. The number of piperazine rings is 1. The van der Waals surface area contributed by atoms with Gasteiger partial charge in [0, 0.05) is 31.8 Å². The molecule has 2 aromatic rings. The van der Waals surface area contributed by atoms with Gasteiger partial charge in [-0.25, -0.2) is 4.98 Å². The van der Waals surface area contributed by atoms with Gasteiger partial charge in [0.05, 0.1) is 23.6 Å². The van der Waals surface area contributed by atoms with Gasteiger partial charge in [-0.05, 0) is 57.2 Å². The Balaban J connectivity index is 1.49. The second-order valence-electron chi connectivity index (χ2n) is 9.94. The Bertz CT molecular complexity index is 1050. The van der Waals surface area contributed by atoms with Gasteiger partial charge < -0.3 is 26.4 Å². The summed E-state index contributed by atoms with van der Waals surface area (Å²) < 4.78 is 0. The predicted octanol–water partition coefficient (Wildman–Crippen LogP) is 3.02. The molecule has 5 N–H and O–H groups in total. The zero-order valence-corrected chi connectivity index (χ0v) is 20.2. The molecule has 1 aromatic heterocycles. The van der Waals surface area contributed by atoms with Crippen molar-refractivity contribution in [3.8, 4) is 0 Å². The molecule has 1 aliphatic heterocycles. The molecule has 1 aliphatic carbocycles.